The molecule has 19 heavy (non-hydrogen) atoms. The lowest BCUT2D eigenvalue weighted by Crippen LogP contribution is -1.94. The first-order valence-electron chi connectivity index (χ1n) is 6.02. The number of imidazole rings is 1. The summed E-state index contributed by atoms with van der Waals surface area (Å²) >= 11 is 1.74. The van der Waals surface area contributed by atoms with Crippen molar-refractivity contribution in [2.75, 3.05) is 0 Å². The van der Waals surface area contributed by atoms with Crippen LogP contribution < -0.4 is 0 Å². The predicted octanol–water partition coefficient (Wildman–Crippen LogP) is 2.90. The molecule has 3 aromatic rings. The molecule has 0 aliphatic carbocycles. The summed E-state index contributed by atoms with van der Waals surface area (Å²) in [6.45, 7) is 0. The first-order chi connectivity index (χ1) is 9.33. The second-order valence-corrected chi connectivity index (χ2v) is 5.17. The third-order valence-corrected chi connectivity index (χ3v) is 3.98. The molecule has 4 nitrogen and oxygen atoms in total. The van der Waals surface area contributed by atoms with Crippen LogP contribution in [0.15, 0.2) is 60.3 Å². The van der Waals surface area contributed by atoms with E-state index in [4.69, 9.17) is 0 Å². The Morgan fingerprint density at radius 2 is 1.95 bits per heavy atom. The molecule has 96 valence electrons. The lowest BCUT2D eigenvalue weighted by molar-refractivity contribution is 0.790. The van der Waals surface area contributed by atoms with Crippen LogP contribution >= 0.6 is 11.8 Å². The maximum atomic E-state index is 4.30. The van der Waals surface area contributed by atoms with Crippen LogP contribution in [0.1, 0.15) is 5.56 Å². The van der Waals surface area contributed by atoms with Crippen LogP contribution in [0.5, 0.6) is 0 Å². The first-order valence-corrected chi connectivity index (χ1v) is 7.00. The highest BCUT2D eigenvalue weighted by molar-refractivity contribution is 7.98. The van der Waals surface area contributed by atoms with Crippen molar-refractivity contribution in [3.05, 3.63) is 60.7 Å². The van der Waals surface area contributed by atoms with Crippen LogP contribution in [0.25, 0.3) is 5.69 Å². The van der Waals surface area contributed by atoms with E-state index in [2.05, 4.69) is 34.3 Å². The van der Waals surface area contributed by atoms with Crippen molar-refractivity contribution < 1.29 is 0 Å². The molecule has 0 saturated heterocycles. The zero-order valence-corrected chi connectivity index (χ0v) is 11.4. The van der Waals surface area contributed by atoms with Crippen LogP contribution in [0, 0.1) is 0 Å². The molecule has 0 aliphatic rings. The highest BCUT2D eigenvalue weighted by Crippen LogP contribution is 2.21. The Hall–Kier alpha value is -2.01. The summed E-state index contributed by atoms with van der Waals surface area (Å²) in [6.07, 6.45) is 7.51. The third kappa shape index (κ3) is 2.71. The number of aryl methyl sites for hydroxylation is 1. The largest absolute Gasteiger partial charge is 0.329 e. The maximum Gasteiger partial charge on any atom is 0.167 e. The molecule has 0 amide bonds. The standard InChI is InChI=1S/C14H14N4S/c1-17-10-8-15-14(17)19-11-12-3-5-13(6-4-12)18-9-2-7-16-18/h2-10H,11H2,1H3. The predicted molar refractivity (Wildman–Crippen MR) is 76.3 cm³/mol. The molecule has 2 aromatic heterocycles. The average Bonchev–Trinajstić information content (AvgIpc) is 3.09. The van der Waals surface area contributed by atoms with Crippen LogP contribution in [0.4, 0.5) is 0 Å². The van der Waals surface area contributed by atoms with Gasteiger partial charge in [-0.2, -0.15) is 5.10 Å². The molecule has 0 unspecified atom stereocenters. The van der Waals surface area contributed by atoms with Gasteiger partial charge in [0.15, 0.2) is 5.16 Å². The Kier molecular flexibility index (Phi) is 3.37. The lowest BCUT2D eigenvalue weighted by Gasteiger charge is -2.04. The zero-order valence-electron chi connectivity index (χ0n) is 10.6. The van der Waals surface area contributed by atoms with E-state index in [0.29, 0.717) is 0 Å². The van der Waals surface area contributed by atoms with Crippen molar-refractivity contribution in [1.29, 1.82) is 0 Å². The van der Waals surface area contributed by atoms with Gasteiger partial charge in [0.1, 0.15) is 0 Å². The number of aromatic nitrogens is 4. The maximum absolute atomic E-state index is 4.30. The molecule has 0 fully saturated rings. The van der Waals surface area contributed by atoms with Gasteiger partial charge in [0.2, 0.25) is 0 Å². The Morgan fingerprint density at radius 1 is 1.11 bits per heavy atom. The molecule has 0 atom stereocenters. The average molecular weight is 270 g/mol. The summed E-state index contributed by atoms with van der Waals surface area (Å²) in [5.41, 5.74) is 2.36. The summed E-state index contributed by atoms with van der Waals surface area (Å²) in [7, 11) is 2.01. The smallest absolute Gasteiger partial charge is 0.167 e. The van der Waals surface area contributed by atoms with Crippen molar-refractivity contribution in [2.24, 2.45) is 7.05 Å². The molecule has 0 spiro atoms. The van der Waals surface area contributed by atoms with Crippen LogP contribution in [-0.4, -0.2) is 19.3 Å². The van der Waals surface area contributed by atoms with Gasteiger partial charge in [-0.05, 0) is 23.8 Å². The van der Waals surface area contributed by atoms with E-state index in [9.17, 15) is 0 Å². The van der Waals surface area contributed by atoms with Gasteiger partial charge in [-0.15, -0.1) is 0 Å². The van der Waals surface area contributed by atoms with Crippen molar-refractivity contribution in [3.8, 4) is 5.69 Å². The Morgan fingerprint density at radius 3 is 2.58 bits per heavy atom. The van der Waals surface area contributed by atoms with E-state index < -0.39 is 0 Å². The minimum Gasteiger partial charge on any atom is -0.329 e. The first kappa shape index (κ1) is 12.0. The van der Waals surface area contributed by atoms with Crippen molar-refractivity contribution in [3.63, 3.8) is 0 Å². The van der Waals surface area contributed by atoms with E-state index in [1.165, 1.54) is 5.56 Å². The van der Waals surface area contributed by atoms with Crippen LogP contribution in [0.2, 0.25) is 0 Å². The van der Waals surface area contributed by atoms with E-state index in [0.717, 1.165) is 16.6 Å². The van der Waals surface area contributed by atoms with Crippen molar-refractivity contribution in [2.45, 2.75) is 10.9 Å². The second kappa shape index (κ2) is 5.32. The normalized spacial score (nSPS) is 10.8. The van der Waals surface area contributed by atoms with Gasteiger partial charge >= 0.3 is 0 Å². The fourth-order valence-corrected chi connectivity index (χ4v) is 2.69. The van der Waals surface area contributed by atoms with Gasteiger partial charge in [0.25, 0.3) is 0 Å². The van der Waals surface area contributed by atoms with Gasteiger partial charge < -0.3 is 4.57 Å². The Bertz CT molecular complexity index is 640. The summed E-state index contributed by atoms with van der Waals surface area (Å²) in [4.78, 5) is 4.30. The summed E-state index contributed by atoms with van der Waals surface area (Å²) in [6, 6.07) is 10.4. The number of benzene rings is 1. The molecular formula is C14H14N4S. The SMILES string of the molecule is Cn1ccnc1SCc1ccc(-n2cccn2)cc1. The minimum atomic E-state index is 0.921. The third-order valence-electron chi connectivity index (χ3n) is 2.85. The summed E-state index contributed by atoms with van der Waals surface area (Å²) in [5, 5.41) is 5.25. The van der Waals surface area contributed by atoms with Gasteiger partial charge in [0.05, 0.1) is 5.69 Å². The van der Waals surface area contributed by atoms with E-state index in [1.807, 2.05) is 41.0 Å². The topological polar surface area (TPSA) is 35.6 Å². The van der Waals surface area contributed by atoms with Gasteiger partial charge in [-0.3, -0.25) is 0 Å². The molecular weight excluding hydrogens is 256 g/mol. The highest BCUT2D eigenvalue weighted by atomic mass is 32.2. The van der Waals surface area contributed by atoms with Crippen LogP contribution in [0.3, 0.4) is 0 Å². The van der Waals surface area contributed by atoms with Gasteiger partial charge in [-0.25, -0.2) is 9.67 Å². The molecule has 0 radical (unpaired) electrons. The molecule has 0 aliphatic heterocycles. The number of nitrogens with zero attached hydrogens (tertiary/aromatic N) is 4. The van der Waals surface area contributed by atoms with Gasteiger partial charge in [0, 0.05) is 37.6 Å². The lowest BCUT2D eigenvalue weighted by atomic mass is 10.2. The summed E-state index contributed by atoms with van der Waals surface area (Å²) < 4.78 is 3.89. The second-order valence-electron chi connectivity index (χ2n) is 4.23. The molecule has 0 bridgehead atoms. The summed E-state index contributed by atoms with van der Waals surface area (Å²) in [5.74, 6) is 0.921. The number of rotatable bonds is 4. The van der Waals surface area contributed by atoms with E-state index in [1.54, 1.807) is 18.0 Å². The number of hydrogen-bond donors (Lipinski definition) is 0. The molecule has 1 aromatic carbocycles. The van der Waals surface area contributed by atoms with E-state index in [-0.39, 0.29) is 0 Å². The monoisotopic (exact) mass is 270 g/mol. The molecule has 5 heteroatoms. The molecule has 2 heterocycles. The minimum absolute atomic E-state index is 0.921. The quantitative estimate of drug-likeness (QED) is 0.684. The fraction of sp³-hybridized carbons (Fsp3) is 0.143. The number of hydrogen-bond acceptors (Lipinski definition) is 3. The highest BCUT2D eigenvalue weighted by Gasteiger charge is 2.02. The molecule has 3 rings (SSSR count). The molecule has 0 saturated carbocycles. The fourth-order valence-electron chi connectivity index (χ4n) is 1.81. The zero-order chi connectivity index (χ0) is 13.1. The van der Waals surface area contributed by atoms with Gasteiger partial charge in [-0.1, -0.05) is 23.9 Å². The van der Waals surface area contributed by atoms with Crippen molar-refractivity contribution >= 4 is 11.8 Å². The van der Waals surface area contributed by atoms with Crippen LogP contribution in [-0.2, 0) is 12.8 Å². The van der Waals surface area contributed by atoms with Crippen molar-refractivity contribution in [1.82, 2.24) is 19.3 Å². The Labute approximate surface area is 116 Å². The molecule has 0 N–H and O–H groups in total. The Balaban J connectivity index is 1.68. The van der Waals surface area contributed by atoms with E-state index >= 15 is 0 Å². The number of thioether (sulfide) groups is 1.